The van der Waals surface area contributed by atoms with Gasteiger partial charge in [0.2, 0.25) is 0 Å². The molecule has 0 amide bonds. The lowest BCUT2D eigenvalue weighted by molar-refractivity contribution is 0.400. The van der Waals surface area contributed by atoms with E-state index in [2.05, 4.69) is 29.4 Å². The molecule has 2 atom stereocenters. The van der Waals surface area contributed by atoms with Gasteiger partial charge in [0, 0.05) is 31.6 Å². The first-order chi connectivity index (χ1) is 4.86. The zero-order chi connectivity index (χ0) is 6.97. The first-order valence-electron chi connectivity index (χ1n) is 3.95. The summed E-state index contributed by atoms with van der Waals surface area (Å²) < 4.78 is 0. The number of nitrogens with zero attached hydrogens (tertiary/aromatic N) is 1. The van der Waals surface area contributed by atoms with Gasteiger partial charge < -0.3 is 10.2 Å². The van der Waals surface area contributed by atoms with Crippen LogP contribution >= 0.6 is 0 Å². The Balaban J connectivity index is 2.08. The summed E-state index contributed by atoms with van der Waals surface area (Å²) in [5.74, 6) is 0.777. The fourth-order valence-electron chi connectivity index (χ4n) is 1.91. The molecule has 0 aliphatic carbocycles. The van der Waals surface area contributed by atoms with Crippen molar-refractivity contribution in [3.63, 3.8) is 0 Å². The van der Waals surface area contributed by atoms with Crippen LogP contribution in [0.1, 0.15) is 0 Å². The van der Waals surface area contributed by atoms with Crippen molar-refractivity contribution < 1.29 is 0 Å². The maximum atomic E-state index is 3.48. The summed E-state index contributed by atoms with van der Waals surface area (Å²) in [6.45, 7) is 3.51. The van der Waals surface area contributed by atoms with Crippen molar-refractivity contribution >= 4 is 0 Å². The van der Waals surface area contributed by atoms with Crippen LogP contribution in [0.2, 0.25) is 0 Å². The fraction of sp³-hybridized carbons (Fsp3) is 0.750. The van der Waals surface area contributed by atoms with E-state index in [9.17, 15) is 0 Å². The van der Waals surface area contributed by atoms with Gasteiger partial charge in [-0.15, -0.1) is 0 Å². The molecular weight excluding hydrogens is 124 g/mol. The molecule has 2 nitrogen and oxygen atoms in total. The smallest absolute Gasteiger partial charge is 0.0272 e. The monoisotopic (exact) mass is 138 g/mol. The molecule has 2 rings (SSSR count). The maximum Gasteiger partial charge on any atom is 0.0272 e. The summed E-state index contributed by atoms with van der Waals surface area (Å²) in [5.41, 5.74) is 0. The first kappa shape index (κ1) is 6.38. The van der Waals surface area contributed by atoms with Gasteiger partial charge in [0.15, 0.2) is 0 Å². The molecule has 0 aromatic rings. The van der Waals surface area contributed by atoms with Crippen molar-refractivity contribution in [2.45, 2.75) is 6.04 Å². The zero-order valence-corrected chi connectivity index (χ0v) is 6.38. The van der Waals surface area contributed by atoms with E-state index >= 15 is 0 Å². The number of nitrogens with one attached hydrogen (secondary N) is 1. The molecule has 2 aliphatic rings. The van der Waals surface area contributed by atoms with Gasteiger partial charge in [0.1, 0.15) is 0 Å². The van der Waals surface area contributed by atoms with E-state index in [-0.39, 0.29) is 0 Å². The maximum absolute atomic E-state index is 3.48. The lowest BCUT2D eigenvalue weighted by Crippen LogP contribution is -2.38. The molecule has 0 aromatic carbocycles. The number of hydrogen-bond donors (Lipinski definition) is 1. The largest absolute Gasteiger partial charge is 0.309 e. The van der Waals surface area contributed by atoms with Crippen molar-refractivity contribution in [3.8, 4) is 0 Å². The number of hydrogen-bond acceptors (Lipinski definition) is 2. The second-order valence-electron chi connectivity index (χ2n) is 3.33. The van der Waals surface area contributed by atoms with Crippen molar-refractivity contribution in [1.82, 2.24) is 10.2 Å². The molecule has 0 saturated carbocycles. The molecule has 0 spiro atoms. The number of likely N-dealkylation sites (N-methyl/N-ethyl adjacent to an activating group) is 1. The minimum absolute atomic E-state index is 0.731. The van der Waals surface area contributed by atoms with Gasteiger partial charge in [0.25, 0.3) is 0 Å². The summed E-state index contributed by atoms with van der Waals surface area (Å²) >= 11 is 0. The average molecular weight is 138 g/mol. The van der Waals surface area contributed by atoms with Crippen LogP contribution in [0, 0.1) is 5.92 Å². The van der Waals surface area contributed by atoms with Gasteiger partial charge in [-0.05, 0) is 7.05 Å². The van der Waals surface area contributed by atoms with Crippen LogP contribution in [0.15, 0.2) is 12.2 Å². The third-order valence-corrected chi connectivity index (χ3v) is 2.43. The van der Waals surface area contributed by atoms with Gasteiger partial charge in [-0.2, -0.15) is 0 Å². The predicted molar refractivity (Wildman–Crippen MR) is 41.9 cm³/mol. The summed E-state index contributed by atoms with van der Waals surface area (Å²) in [4.78, 5) is 2.39. The van der Waals surface area contributed by atoms with Crippen LogP contribution in [-0.4, -0.2) is 37.6 Å². The first-order valence-corrected chi connectivity index (χ1v) is 3.95. The third kappa shape index (κ3) is 0.976. The highest BCUT2D eigenvalue weighted by atomic mass is 15.2. The van der Waals surface area contributed by atoms with E-state index in [0.717, 1.165) is 18.5 Å². The quantitative estimate of drug-likeness (QED) is 0.477. The molecule has 0 aromatic heterocycles. The Kier molecular flexibility index (Phi) is 1.51. The van der Waals surface area contributed by atoms with Gasteiger partial charge in [-0.25, -0.2) is 0 Å². The van der Waals surface area contributed by atoms with E-state index in [1.54, 1.807) is 0 Å². The molecule has 0 radical (unpaired) electrons. The van der Waals surface area contributed by atoms with Crippen LogP contribution < -0.4 is 5.32 Å². The Hall–Kier alpha value is -0.340. The van der Waals surface area contributed by atoms with E-state index in [1.807, 2.05) is 0 Å². The number of fused-ring (bicyclic) bond motifs is 1. The Labute approximate surface area is 61.9 Å². The number of likely N-dealkylation sites (tertiary alicyclic amines) is 1. The molecule has 1 saturated heterocycles. The van der Waals surface area contributed by atoms with Crippen LogP contribution in [0.5, 0.6) is 0 Å². The highest BCUT2D eigenvalue weighted by molar-refractivity contribution is 5.05. The highest BCUT2D eigenvalue weighted by Gasteiger charge is 2.29. The summed E-state index contributed by atoms with van der Waals surface area (Å²) in [5, 5.41) is 3.48. The second kappa shape index (κ2) is 2.36. The summed E-state index contributed by atoms with van der Waals surface area (Å²) in [6, 6.07) is 0.731. The van der Waals surface area contributed by atoms with E-state index in [4.69, 9.17) is 0 Å². The van der Waals surface area contributed by atoms with Gasteiger partial charge in [-0.1, -0.05) is 12.2 Å². The molecule has 56 valence electrons. The molecule has 1 N–H and O–H groups in total. The van der Waals surface area contributed by atoms with Crippen LogP contribution in [0.4, 0.5) is 0 Å². The lowest BCUT2D eigenvalue weighted by atomic mass is 10.0. The lowest BCUT2D eigenvalue weighted by Gasteiger charge is -2.19. The van der Waals surface area contributed by atoms with Gasteiger partial charge in [0.05, 0.1) is 0 Å². The molecular formula is C8H14N2. The molecule has 2 heterocycles. The second-order valence-corrected chi connectivity index (χ2v) is 3.33. The molecule has 2 unspecified atom stereocenters. The molecule has 10 heavy (non-hydrogen) atoms. The zero-order valence-electron chi connectivity index (χ0n) is 6.38. The minimum Gasteiger partial charge on any atom is -0.309 e. The molecule has 1 fully saturated rings. The number of rotatable bonds is 0. The van der Waals surface area contributed by atoms with Gasteiger partial charge in [-0.3, -0.25) is 0 Å². The summed E-state index contributed by atoms with van der Waals surface area (Å²) in [7, 11) is 2.19. The van der Waals surface area contributed by atoms with Crippen molar-refractivity contribution in [2.24, 2.45) is 5.92 Å². The van der Waals surface area contributed by atoms with Crippen LogP contribution in [0.3, 0.4) is 0 Å². The SMILES string of the molecule is CN1CC2C=CCNC2C1. The van der Waals surface area contributed by atoms with Gasteiger partial charge >= 0.3 is 0 Å². The average Bonchev–Trinajstić information content (AvgIpc) is 2.27. The van der Waals surface area contributed by atoms with E-state index in [1.165, 1.54) is 13.1 Å². The Morgan fingerprint density at radius 1 is 1.50 bits per heavy atom. The Bertz CT molecular complexity index is 153. The van der Waals surface area contributed by atoms with E-state index in [0.29, 0.717) is 0 Å². The third-order valence-electron chi connectivity index (χ3n) is 2.43. The summed E-state index contributed by atoms with van der Waals surface area (Å²) in [6.07, 6.45) is 4.59. The predicted octanol–water partition coefficient (Wildman–Crippen LogP) is 0.0760. The topological polar surface area (TPSA) is 15.3 Å². The standard InChI is InChI=1S/C8H14N2/c1-10-5-7-3-2-4-9-8(7)6-10/h2-3,7-9H,4-6H2,1H3. The van der Waals surface area contributed by atoms with Crippen molar-refractivity contribution in [1.29, 1.82) is 0 Å². The van der Waals surface area contributed by atoms with Crippen molar-refractivity contribution in [2.75, 3.05) is 26.7 Å². The highest BCUT2D eigenvalue weighted by Crippen LogP contribution is 2.18. The Morgan fingerprint density at radius 3 is 3.20 bits per heavy atom. The fourth-order valence-corrected chi connectivity index (χ4v) is 1.91. The molecule has 2 heteroatoms. The Morgan fingerprint density at radius 2 is 2.40 bits per heavy atom. The molecule has 2 aliphatic heterocycles. The van der Waals surface area contributed by atoms with Crippen LogP contribution in [-0.2, 0) is 0 Å². The minimum atomic E-state index is 0.731. The van der Waals surface area contributed by atoms with E-state index < -0.39 is 0 Å². The molecule has 0 bridgehead atoms. The van der Waals surface area contributed by atoms with Crippen molar-refractivity contribution in [3.05, 3.63) is 12.2 Å². The normalized spacial score (nSPS) is 40.1. The van der Waals surface area contributed by atoms with Crippen LogP contribution in [0.25, 0.3) is 0 Å².